The highest BCUT2D eigenvalue weighted by Gasteiger charge is 2.46. The van der Waals surface area contributed by atoms with Crippen LogP contribution in [0.4, 0.5) is 0 Å². The number of allylic oxidation sites excluding steroid dienone is 2. The summed E-state index contributed by atoms with van der Waals surface area (Å²) in [6, 6.07) is -14.3. The molecule has 1 heterocycles. The molecule has 0 aromatic heterocycles. The molecule has 25 nitrogen and oxygen atoms in total. The average Bonchev–Trinajstić information content (AvgIpc) is 0.861. The molecule has 0 aliphatic carbocycles. The molecule has 1 saturated heterocycles. The fourth-order valence-corrected chi connectivity index (χ4v) is 12.4. The molecule has 526 valence electrons. The Hall–Kier alpha value is -6.31. The van der Waals surface area contributed by atoms with Gasteiger partial charge >= 0.3 is 5.97 Å². The second-order valence-corrected chi connectivity index (χ2v) is 28.7. The number of carboxylic acid groups (broad SMARTS) is 1. The Morgan fingerprint density at radius 3 is 1.33 bits per heavy atom. The maximum absolute atomic E-state index is 15.3. The summed E-state index contributed by atoms with van der Waals surface area (Å²) in [6.45, 7) is 29.6. The fourth-order valence-electron chi connectivity index (χ4n) is 11.3. The number of aliphatic carboxylic acids is 1. The number of carboxylic acids is 1. The Morgan fingerprint density at radius 2 is 0.880 bits per heavy atom. The van der Waals surface area contributed by atoms with Crippen molar-refractivity contribution in [2.75, 3.05) is 60.8 Å². The van der Waals surface area contributed by atoms with Crippen LogP contribution in [0.2, 0.25) is 0 Å². The molecule has 0 radical (unpaired) electrons. The number of nitrogens with zero attached hydrogens (tertiary/aromatic N) is 7. The van der Waals surface area contributed by atoms with E-state index < -0.39 is 161 Å². The summed E-state index contributed by atoms with van der Waals surface area (Å²) in [5.74, 6) is -11.8. The number of thioether (sulfide) groups is 1. The molecular weight excluding hydrogens is 1200 g/mol. The van der Waals surface area contributed by atoms with Crippen molar-refractivity contribution < 1.29 is 67.7 Å². The first-order valence-electron chi connectivity index (χ1n) is 32.7. The van der Waals surface area contributed by atoms with Crippen LogP contribution in [-0.2, 0) is 57.5 Å². The van der Waals surface area contributed by atoms with Crippen LogP contribution in [0.3, 0.4) is 0 Å². The van der Waals surface area contributed by atoms with Gasteiger partial charge in [0.1, 0.15) is 66.5 Å². The van der Waals surface area contributed by atoms with Gasteiger partial charge in [-0.15, -0.1) is 0 Å². The van der Waals surface area contributed by atoms with Gasteiger partial charge in [0.2, 0.25) is 65.0 Å². The summed E-state index contributed by atoms with van der Waals surface area (Å²) in [4.78, 5) is 183. The third-order valence-corrected chi connectivity index (χ3v) is 18.2. The minimum Gasteiger partial charge on any atom is -0.481 e. The van der Waals surface area contributed by atoms with E-state index in [9.17, 15) is 39.0 Å². The number of hydrogen-bond donors (Lipinski definition) is 6. The maximum atomic E-state index is 15.3. The molecule has 0 aromatic carbocycles. The maximum Gasteiger partial charge on any atom is 0.304 e. The van der Waals surface area contributed by atoms with Gasteiger partial charge in [-0.1, -0.05) is 109 Å². The van der Waals surface area contributed by atoms with Gasteiger partial charge in [-0.3, -0.25) is 57.5 Å². The summed E-state index contributed by atoms with van der Waals surface area (Å²) < 4.78 is 0. The van der Waals surface area contributed by atoms with Crippen LogP contribution in [0, 0.1) is 41.4 Å². The predicted octanol–water partition coefficient (Wildman–Crippen LogP) is 3.85. The van der Waals surface area contributed by atoms with Crippen molar-refractivity contribution in [3.05, 3.63) is 12.2 Å². The summed E-state index contributed by atoms with van der Waals surface area (Å²) in [6.07, 6.45) is 2.37. The van der Waals surface area contributed by atoms with E-state index in [1.807, 2.05) is 55.4 Å². The highest BCUT2D eigenvalue weighted by atomic mass is 32.2. The Balaban J connectivity index is 4.53. The van der Waals surface area contributed by atoms with Gasteiger partial charge in [-0.25, -0.2) is 0 Å². The monoisotopic (exact) mass is 1320 g/mol. The van der Waals surface area contributed by atoms with Gasteiger partial charge in [-0.05, 0) is 101 Å². The highest BCUT2D eigenvalue weighted by molar-refractivity contribution is 7.99. The molecule has 0 bridgehead atoms. The summed E-state index contributed by atoms with van der Waals surface area (Å²) in [7, 11) is 9.77. The SMILES string of the molecule is CC=CC[C@@H](C)[C@@H](O)[C@@H]1C(=O)N[C@H](CC)C(=O)N(C)[C@H](CSCCC(=O)O)C(=O)N(C)[C@@H](CC(C)C)C(=O)N[C@H](C(C)C)C(=O)N(C)[C@H](CC(C)C)C(=O)N[C@H](C)C(=O)N[C@@H](C)C(=O)N(C)[C@H](CC(C)C)C(=O)N(C)[C@H](CC(C)C)C(=O)N(C)[C@H](C(C)C)C(=O)N1C. The summed E-state index contributed by atoms with van der Waals surface area (Å²) >= 11 is 1.07. The number of carbonyl (C=O) groups excluding carboxylic acids is 11. The van der Waals surface area contributed by atoms with Crippen LogP contribution in [0.25, 0.3) is 0 Å². The van der Waals surface area contributed by atoms with Gasteiger partial charge in [0.15, 0.2) is 0 Å². The lowest BCUT2D eigenvalue weighted by molar-refractivity contribution is -0.157. The molecule has 13 atom stereocenters. The van der Waals surface area contributed by atoms with Crippen LogP contribution in [0.15, 0.2) is 12.2 Å². The van der Waals surface area contributed by atoms with Gasteiger partial charge in [0.25, 0.3) is 0 Å². The Morgan fingerprint density at radius 1 is 0.478 bits per heavy atom. The van der Waals surface area contributed by atoms with E-state index in [1.54, 1.807) is 60.6 Å². The van der Waals surface area contributed by atoms with Crippen molar-refractivity contribution in [2.24, 2.45) is 41.4 Å². The largest absolute Gasteiger partial charge is 0.481 e. The van der Waals surface area contributed by atoms with Crippen LogP contribution in [0.1, 0.15) is 163 Å². The van der Waals surface area contributed by atoms with E-state index in [2.05, 4.69) is 21.3 Å². The third-order valence-electron chi connectivity index (χ3n) is 17.1. The van der Waals surface area contributed by atoms with Crippen molar-refractivity contribution >= 4 is 82.7 Å². The number of aliphatic hydroxyl groups excluding tert-OH is 1. The zero-order valence-corrected chi connectivity index (χ0v) is 60.6. The number of rotatable bonds is 20. The van der Waals surface area contributed by atoms with E-state index >= 15 is 28.8 Å². The number of carbonyl (C=O) groups is 12. The first-order valence-corrected chi connectivity index (χ1v) is 33.9. The van der Waals surface area contributed by atoms with E-state index in [1.165, 1.54) is 87.7 Å². The van der Waals surface area contributed by atoms with Crippen LogP contribution < -0.4 is 21.3 Å². The molecule has 92 heavy (non-hydrogen) atoms. The fraction of sp³-hybridized carbons (Fsp3) is 0.788. The van der Waals surface area contributed by atoms with Gasteiger partial charge in [-0.2, -0.15) is 11.8 Å². The topological polar surface area (TPSA) is 316 Å². The van der Waals surface area contributed by atoms with E-state index in [0.717, 1.165) is 21.6 Å². The Kier molecular flexibility index (Phi) is 35.3. The van der Waals surface area contributed by atoms with Crippen LogP contribution >= 0.6 is 11.8 Å². The smallest absolute Gasteiger partial charge is 0.304 e. The average molecular weight is 1320 g/mol. The Bertz CT molecular complexity index is 2550. The highest BCUT2D eigenvalue weighted by Crippen LogP contribution is 2.26. The molecule has 26 heteroatoms. The van der Waals surface area contributed by atoms with E-state index in [0.29, 0.717) is 0 Å². The van der Waals surface area contributed by atoms with Crippen molar-refractivity contribution in [3.63, 3.8) is 0 Å². The third kappa shape index (κ3) is 23.9. The van der Waals surface area contributed by atoms with E-state index in [4.69, 9.17) is 0 Å². The molecule has 1 rings (SSSR count). The number of nitrogens with one attached hydrogen (secondary N) is 4. The predicted molar refractivity (Wildman–Crippen MR) is 357 cm³/mol. The molecule has 1 fully saturated rings. The first kappa shape index (κ1) is 83.7. The van der Waals surface area contributed by atoms with Crippen molar-refractivity contribution in [1.29, 1.82) is 0 Å². The number of hydrogen-bond acceptors (Lipinski definition) is 14. The van der Waals surface area contributed by atoms with Crippen LogP contribution in [-0.4, -0.2) is 249 Å². The standard InChI is InChI=1S/C66H117N11O14S/c1-25-27-28-42(15)55(80)54-59(84)69-45(26-2)61(86)75(22)50(35-92-30-29-51(78)79)64(89)71(18)47(32-37(5)6)58(83)70-52(40(11)12)65(90)72(19)46(31-36(3)4)57(82)67-43(16)56(81)68-44(17)60(85)73(20)48(33-38(7)8)62(87)74(21)49(34-39(9)10)63(88)76(23)53(41(13)14)66(91)77(54)24/h25,27,36-50,52-55,80H,26,28-35H2,1-24H3,(H,67,82)(H,68,81)(H,69,84)(H,70,83)(H,78,79)/t42-,43-,44+,45-,46-,47+,48-,49-,50-,52-,53-,54-,55-/m1/s1. The molecule has 0 unspecified atom stereocenters. The molecule has 0 saturated carbocycles. The molecular formula is C66H117N11O14S. The van der Waals surface area contributed by atoms with Gasteiger partial charge < -0.3 is 65.8 Å². The normalized spacial score (nSPS) is 26.5. The van der Waals surface area contributed by atoms with E-state index in [-0.39, 0.29) is 80.1 Å². The lowest BCUT2D eigenvalue weighted by Crippen LogP contribution is -2.64. The summed E-state index contributed by atoms with van der Waals surface area (Å²) in [5, 5.41) is 32.8. The molecule has 6 N–H and O–H groups in total. The molecule has 1 aliphatic rings. The second-order valence-electron chi connectivity index (χ2n) is 27.5. The lowest BCUT2D eigenvalue weighted by atomic mass is 9.91. The minimum absolute atomic E-state index is 0.0373. The van der Waals surface area contributed by atoms with Gasteiger partial charge in [0, 0.05) is 60.8 Å². The molecule has 0 aromatic rings. The van der Waals surface area contributed by atoms with Gasteiger partial charge in [0.05, 0.1) is 12.5 Å². The lowest BCUT2D eigenvalue weighted by Gasteiger charge is -2.41. The molecule has 1 aliphatic heterocycles. The van der Waals surface area contributed by atoms with Crippen molar-refractivity contribution in [3.8, 4) is 0 Å². The Labute approximate surface area is 553 Å². The quantitative estimate of drug-likeness (QED) is 0.0745. The minimum atomic E-state index is -1.68. The second kappa shape index (κ2) is 38.8. The van der Waals surface area contributed by atoms with Crippen LogP contribution in [0.5, 0.6) is 0 Å². The summed E-state index contributed by atoms with van der Waals surface area (Å²) in [5.41, 5.74) is 0. The first-order chi connectivity index (χ1) is 42.5. The number of likely N-dealkylation sites (N-methyl/N-ethyl adjacent to an activating group) is 7. The molecule has 0 spiro atoms. The molecule has 11 amide bonds. The zero-order valence-electron chi connectivity index (χ0n) is 59.8. The number of amides is 11. The van der Waals surface area contributed by atoms with Crippen molar-refractivity contribution in [1.82, 2.24) is 55.6 Å². The number of aliphatic hydroxyl groups is 1. The zero-order chi connectivity index (χ0) is 71.3. The van der Waals surface area contributed by atoms with Crippen molar-refractivity contribution in [2.45, 2.75) is 235 Å².